The molecule has 2 aromatic rings. The van der Waals surface area contributed by atoms with E-state index >= 15 is 0 Å². The van der Waals surface area contributed by atoms with Crippen molar-refractivity contribution in [1.82, 2.24) is 15.1 Å². The SMILES string of the molecule is O=C(O)CN(Cc1ccccc1)[C@H]1CC[C@H](N2CCN(c3ccc4c(c3)CCNCC4)C2=O)CC1. The summed E-state index contributed by atoms with van der Waals surface area (Å²) in [5.74, 6) is -0.787. The minimum absolute atomic E-state index is 0.0501. The molecule has 2 aliphatic heterocycles. The smallest absolute Gasteiger partial charge is 0.324 e. The van der Waals surface area contributed by atoms with Crippen LogP contribution in [0, 0.1) is 0 Å². The number of nitrogens with zero attached hydrogens (tertiary/aromatic N) is 3. The van der Waals surface area contributed by atoms with Crippen LogP contribution in [0.2, 0.25) is 0 Å². The molecule has 2 amide bonds. The lowest BCUT2D eigenvalue weighted by Gasteiger charge is -2.39. The van der Waals surface area contributed by atoms with Crippen molar-refractivity contribution in [3.05, 3.63) is 65.2 Å². The van der Waals surface area contributed by atoms with E-state index in [-0.39, 0.29) is 24.7 Å². The van der Waals surface area contributed by atoms with Gasteiger partial charge in [-0.1, -0.05) is 36.4 Å². The first-order valence-corrected chi connectivity index (χ1v) is 13.0. The minimum atomic E-state index is -0.787. The Bertz CT molecular complexity index is 1040. The van der Waals surface area contributed by atoms with Crippen LogP contribution in [0.25, 0.3) is 0 Å². The number of carboxylic acids is 1. The quantitative estimate of drug-likeness (QED) is 0.640. The maximum absolute atomic E-state index is 13.4. The molecule has 5 rings (SSSR count). The first-order valence-electron chi connectivity index (χ1n) is 13.0. The van der Waals surface area contributed by atoms with Gasteiger partial charge in [-0.25, -0.2) is 4.79 Å². The zero-order chi connectivity index (χ0) is 24.2. The third-order valence-electron chi connectivity index (χ3n) is 7.88. The van der Waals surface area contributed by atoms with E-state index in [1.165, 1.54) is 11.1 Å². The number of rotatable bonds is 7. The molecule has 0 atom stereocenters. The second-order valence-corrected chi connectivity index (χ2v) is 10.1. The van der Waals surface area contributed by atoms with Crippen LogP contribution in [0.4, 0.5) is 10.5 Å². The average Bonchev–Trinajstić information content (AvgIpc) is 3.09. The average molecular weight is 477 g/mol. The fourth-order valence-electron chi connectivity index (χ4n) is 6.00. The van der Waals surface area contributed by atoms with Gasteiger partial charge >= 0.3 is 12.0 Å². The standard InChI is InChI=1S/C28H36N4O3/c33-27(34)20-30(19-21-4-2-1-3-5-21)24-8-10-25(11-9-24)31-16-17-32(28(31)35)26-7-6-22-12-14-29-15-13-23(22)18-26/h1-7,18,24-25,29H,8-17,19-20H2,(H,33,34)/t24-,25-. The highest BCUT2D eigenvalue weighted by Crippen LogP contribution is 2.32. The van der Waals surface area contributed by atoms with Crippen molar-refractivity contribution in [2.24, 2.45) is 0 Å². The van der Waals surface area contributed by atoms with Crippen molar-refractivity contribution in [2.75, 3.05) is 37.6 Å². The van der Waals surface area contributed by atoms with Crippen molar-refractivity contribution in [3.8, 4) is 0 Å². The van der Waals surface area contributed by atoms with Gasteiger partial charge < -0.3 is 15.3 Å². The number of hydrogen-bond donors (Lipinski definition) is 2. The van der Waals surface area contributed by atoms with E-state index in [1.54, 1.807) is 0 Å². The van der Waals surface area contributed by atoms with E-state index in [4.69, 9.17) is 0 Å². The number of carbonyl (C=O) groups is 2. The molecular formula is C28H36N4O3. The zero-order valence-electron chi connectivity index (χ0n) is 20.4. The predicted octanol–water partition coefficient (Wildman–Crippen LogP) is 3.51. The van der Waals surface area contributed by atoms with Crippen LogP contribution in [-0.2, 0) is 24.2 Å². The number of carboxylic acid groups (broad SMARTS) is 1. The summed E-state index contributed by atoms with van der Waals surface area (Å²) in [5, 5.41) is 12.9. The van der Waals surface area contributed by atoms with E-state index in [2.05, 4.69) is 45.4 Å². The normalized spacial score (nSPS) is 22.8. The van der Waals surface area contributed by atoms with Gasteiger partial charge in [0, 0.05) is 37.4 Å². The Labute approximate surface area is 207 Å². The van der Waals surface area contributed by atoms with Crippen molar-refractivity contribution in [1.29, 1.82) is 0 Å². The summed E-state index contributed by atoms with van der Waals surface area (Å²) in [6.07, 6.45) is 5.73. The summed E-state index contributed by atoms with van der Waals surface area (Å²) < 4.78 is 0. The van der Waals surface area contributed by atoms with Gasteiger partial charge in [-0.2, -0.15) is 0 Å². The van der Waals surface area contributed by atoms with Crippen molar-refractivity contribution in [2.45, 2.75) is 57.2 Å². The molecule has 1 saturated carbocycles. The Morgan fingerprint density at radius 2 is 1.71 bits per heavy atom. The van der Waals surface area contributed by atoms with Gasteiger partial charge in [0.2, 0.25) is 0 Å². The molecule has 186 valence electrons. The minimum Gasteiger partial charge on any atom is -0.480 e. The maximum Gasteiger partial charge on any atom is 0.324 e. The van der Waals surface area contributed by atoms with E-state index < -0.39 is 5.97 Å². The van der Waals surface area contributed by atoms with E-state index in [0.717, 1.165) is 76.0 Å². The van der Waals surface area contributed by atoms with Crippen molar-refractivity contribution >= 4 is 17.7 Å². The topological polar surface area (TPSA) is 76.1 Å². The molecule has 2 fully saturated rings. The van der Waals surface area contributed by atoms with Crippen LogP contribution in [-0.4, -0.2) is 71.7 Å². The Hall–Kier alpha value is -2.90. The van der Waals surface area contributed by atoms with Crippen molar-refractivity contribution in [3.63, 3.8) is 0 Å². The molecule has 2 aromatic carbocycles. The second-order valence-electron chi connectivity index (χ2n) is 10.1. The van der Waals surface area contributed by atoms with Crippen LogP contribution in [0.15, 0.2) is 48.5 Å². The molecule has 1 aliphatic carbocycles. The molecule has 35 heavy (non-hydrogen) atoms. The fourth-order valence-corrected chi connectivity index (χ4v) is 6.00. The number of hydrogen-bond acceptors (Lipinski definition) is 4. The van der Waals surface area contributed by atoms with E-state index in [9.17, 15) is 14.7 Å². The predicted molar refractivity (Wildman–Crippen MR) is 137 cm³/mol. The number of carbonyl (C=O) groups excluding carboxylic acids is 1. The Kier molecular flexibility index (Phi) is 7.35. The van der Waals surface area contributed by atoms with Gasteiger partial charge in [-0.05, 0) is 80.4 Å². The number of fused-ring (bicyclic) bond motifs is 1. The van der Waals surface area contributed by atoms with Gasteiger partial charge in [-0.3, -0.25) is 14.6 Å². The number of urea groups is 1. The van der Waals surface area contributed by atoms with Crippen molar-refractivity contribution < 1.29 is 14.7 Å². The van der Waals surface area contributed by atoms with Gasteiger partial charge in [-0.15, -0.1) is 0 Å². The monoisotopic (exact) mass is 476 g/mol. The lowest BCUT2D eigenvalue weighted by atomic mass is 9.89. The summed E-state index contributed by atoms with van der Waals surface area (Å²) in [6.45, 7) is 4.19. The molecule has 1 saturated heterocycles. The first kappa shape index (κ1) is 23.8. The van der Waals surface area contributed by atoms with Crippen LogP contribution >= 0.6 is 0 Å². The van der Waals surface area contributed by atoms with Gasteiger partial charge in [0.15, 0.2) is 0 Å². The van der Waals surface area contributed by atoms with Crippen LogP contribution in [0.5, 0.6) is 0 Å². The summed E-state index contributed by atoms with van der Waals surface area (Å²) in [6, 6.07) is 17.2. The molecule has 2 heterocycles. The van der Waals surface area contributed by atoms with Crippen LogP contribution in [0.1, 0.15) is 42.4 Å². The Morgan fingerprint density at radius 3 is 2.46 bits per heavy atom. The number of amides is 2. The lowest BCUT2D eigenvalue weighted by Crippen LogP contribution is -2.46. The first-order chi connectivity index (χ1) is 17.1. The summed E-state index contributed by atoms with van der Waals surface area (Å²) in [5.41, 5.74) is 4.90. The lowest BCUT2D eigenvalue weighted by molar-refractivity contribution is -0.139. The maximum atomic E-state index is 13.4. The van der Waals surface area contributed by atoms with Crippen LogP contribution < -0.4 is 10.2 Å². The molecule has 0 unspecified atom stereocenters. The molecule has 2 N–H and O–H groups in total. The molecular weight excluding hydrogens is 440 g/mol. The molecule has 0 bridgehead atoms. The highest BCUT2D eigenvalue weighted by Gasteiger charge is 2.37. The number of benzene rings is 2. The van der Waals surface area contributed by atoms with Gasteiger partial charge in [0.05, 0.1) is 6.54 Å². The molecule has 7 nitrogen and oxygen atoms in total. The highest BCUT2D eigenvalue weighted by atomic mass is 16.4. The third-order valence-corrected chi connectivity index (χ3v) is 7.88. The fraction of sp³-hybridized carbons (Fsp3) is 0.500. The van der Waals surface area contributed by atoms with E-state index in [0.29, 0.717) is 6.54 Å². The molecule has 0 aromatic heterocycles. The number of nitrogens with one attached hydrogen (secondary N) is 1. The highest BCUT2D eigenvalue weighted by molar-refractivity contribution is 5.94. The van der Waals surface area contributed by atoms with E-state index in [1.807, 2.05) is 23.1 Å². The Balaban J connectivity index is 1.20. The molecule has 3 aliphatic rings. The Morgan fingerprint density at radius 1 is 0.971 bits per heavy atom. The van der Waals surface area contributed by atoms with Crippen LogP contribution in [0.3, 0.4) is 0 Å². The summed E-state index contributed by atoms with van der Waals surface area (Å²) >= 11 is 0. The molecule has 7 heteroatoms. The third kappa shape index (κ3) is 5.52. The zero-order valence-corrected chi connectivity index (χ0v) is 20.4. The molecule has 0 spiro atoms. The number of aliphatic carboxylic acids is 1. The summed E-state index contributed by atoms with van der Waals surface area (Å²) in [4.78, 5) is 31.0. The molecule has 0 radical (unpaired) electrons. The van der Waals surface area contributed by atoms with Gasteiger partial charge in [0.25, 0.3) is 0 Å². The second kappa shape index (κ2) is 10.8. The number of anilines is 1. The van der Waals surface area contributed by atoms with Gasteiger partial charge in [0.1, 0.15) is 0 Å². The summed E-state index contributed by atoms with van der Waals surface area (Å²) in [7, 11) is 0. The largest absolute Gasteiger partial charge is 0.480 e.